The number of aliphatic carboxylic acids is 1. The van der Waals surface area contributed by atoms with Gasteiger partial charge in [0.2, 0.25) is 65.0 Å². The number of nitrogens with one attached hydrogen (secondary N) is 9. The van der Waals surface area contributed by atoms with Gasteiger partial charge in [-0.25, -0.2) is 4.79 Å². The number of guanidine groups is 3. The van der Waals surface area contributed by atoms with Crippen LogP contribution in [-0.2, 0) is 70.4 Å². The fourth-order valence-electron chi connectivity index (χ4n) is 10.6. The highest BCUT2D eigenvalue weighted by atomic mass is 19.4. The van der Waals surface area contributed by atoms with Crippen molar-refractivity contribution in [2.75, 3.05) is 39.3 Å². The number of unbranched alkanes of at least 4 members (excludes halogenated alkanes) is 1. The third kappa shape index (κ3) is 35.4. The number of hydrogen-bond acceptors (Lipinski definition) is 18. The Labute approximate surface area is 607 Å². The zero-order valence-corrected chi connectivity index (χ0v) is 59.9. The normalized spacial score (nSPS) is 15.3. The molecule has 36 nitrogen and oxygen atoms in total. The number of aromatic hydroxyl groups is 1. The average Bonchev–Trinajstić information content (AvgIpc) is 1.71. The molecule has 2 aromatic carbocycles. The van der Waals surface area contributed by atoms with Crippen LogP contribution in [0, 0.1) is 11.8 Å². The topological polar surface area (TPSA) is 628 Å². The van der Waals surface area contributed by atoms with Gasteiger partial charge in [-0.2, -0.15) is 13.2 Å². The van der Waals surface area contributed by atoms with Crippen LogP contribution in [0.3, 0.4) is 0 Å². The number of nitrogens with zero attached hydrogens (tertiary/aromatic N) is 4. The molecule has 105 heavy (non-hydrogen) atoms. The van der Waals surface area contributed by atoms with Crippen LogP contribution in [0.4, 0.5) is 13.2 Å². The first-order chi connectivity index (χ1) is 49.4. The van der Waals surface area contributed by atoms with E-state index in [-0.39, 0.29) is 126 Å². The van der Waals surface area contributed by atoms with Crippen LogP contribution >= 0.6 is 0 Å². The Hall–Kier alpha value is -10.6. The number of rotatable bonds is 44. The van der Waals surface area contributed by atoms with Gasteiger partial charge in [0.05, 0.1) is 12.6 Å². The summed E-state index contributed by atoms with van der Waals surface area (Å²) in [5.74, 6) is -12.6. The Balaban J connectivity index is 0.00000507. The number of carboxylic acids is 1. The molecule has 0 bridgehead atoms. The number of carbonyl (C=O) groups is 12. The molecule has 1 saturated heterocycles. The number of aliphatic imine (C=N–C) groups is 3. The van der Waals surface area contributed by atoms with E-state index >= 15 is 0 Å². The number of hydrogen-bond donors (Lipinski definition) is 20. The monoisotopic (exact) mass is 1490 g/mol. The number of nitrogens with two attached hydrogens (primary N) is 9. The lowest BCUT2D eigenvalue weighted by molar-refractivity contribution is -0.192. The molecule has 0 radical (unpaired) electrons. The summed E-state index contributed by atoms with van der Waals surface area (Å²) in [6.45, 7) is 8.44. The molecular weight excluding hydrogens is 1380 g/mol. The summed E-state index contributed by atoms with van der Waals surface area (Å²) in [4.78, 5) is 176. The van der Waals surface area contributed by atoms with Gasteiger partial charge in [0.15, 0.2) is 17.9 Å². The molecule has 0 spiro atoms. The van der Waals surface area contributed by atoms with Gasteiger partial charge in [0.25, 0.3) is 0 Å². The average molecular weight is 1490 g/mol. The summed E-state index contributed by atoms with van der Waals surface area (Å²) in [6, 6.07) is 2.20. The highest BCUT2D eigenvalue weighted by Gasteiger charge is 2.41. The summed E-state index contributed by atoms with van der Waals surface area (Å²) >= 11 is 0. The first-order valence-corrected chi connectivity index (χ1v) is 34.4. The Morgan fingerprint density at radius 3 is 1.52 bits per heavy atom. The predicted octanol–water partition coefficient (Wildman–Crippen LogP) is -3.99. The molecule has 39 heteroatoms. The number of alkyl halides is 3. The molecule has 0 saturated carbocycles. The van der Waals surface area contributed by atoms with Crippen LogP contribution in [0.25, 0.3) is 0 Å². The minimum atomic E-state index is -5.08. The van der Waals surface area contributed by atoms with Gasteiger partial charge in [-0.1, -0.05) is 76.6 Å². The van der Waals surface area contributed by atoms with Gasteiger partial charge < -0.3 is 115 Å². The first kappa shape index (κ1) is 90.5. The molecule has 11 amide bonds. The van der Waals surface area contributed by atoms with Crippen molar-refractivity contribution in [1.82, 2.24) is 52.8 Å². The Kier molecular flexibility index (Phi) is 40.4. The van der Waals surface area contributed by atoms with Crippen LogP contribution < -0.4 is 99.5 Å². The molecule has 11 atom stereocenters. The number of primary amides is 1. The van der Waals surface area contributed by atoms with E-state index in [4.69, 9.17) is 61.5 Å². The van der Waals surface area contributed by atoms with Gasteiger partial charge in [-0.05, 0) is 132 Å². The summed E-state index contributed by atoms with van der Waals surface area (Å²) in [6.07, 6.45) is -2.59. The second-order valence-corrected chi connectivity index (χ2v) is 25.6. The minimum absolute atomic E-state index is 0.00166. The number of halogens is 3. The lowest BCUT2D eigenvalue weighted by Gasteiger charge is -2.32. The molecule has 586 valence electrons. The van der Waals surface area contributed by atoms with Crippen LogP contribution in [0.1, 0.15) is 129 Å². The second kappa shape index (κ2) is 46.9. The van der Waals surface area contributed by atoms with E-state index in [0.29, 0.717) is 43.4 Å². The van der Waals surface area contributed by atoms with Crippen LogP contribution in [0.15, 0.2) is 69.6 Å². The molecule has 0 aromatic heterocycles. The zero-order chi connectivity index (χ0) is 79.1. The van der Waals surface area contributed by atoms with E-state index in [1.165, 1.54) is 24.0 Å². The lowest BCUT2D eigenvalue weighted by Crippen LogP contribution is -2.61. The van der Waals surface area contributed by atoms with Gasteiger partial charge >= 0.3 is 12.1 Å². The summed E-state index contributed by atoms with van der Waals surface area (Å²) in [5.41, 5.74) is 52.2. The highest BCUT2D eigenvalue weighted by molar-refractivity contribution is 5.99. The molecule has 0 aliphatic carbocycles. The predicted molar refractivity (Wildman–Crippen MR) is 383 cm³/mol. The molecular formula is C66H107F3N22O14. The van der Waals surface area contributed by atoms with Crippen molar-refractivity contribution >= 4 is 88.8 Å². The Morgan fingerprint density at radius 1 is 0.562 bits per heavy atom. The Bertz CT molecular complexity index is 3270. The van der Waals surface area contributed by atoms with Crippen molar-refractivity contribution in [2.45, 2.75) is 198 Å². The van der Waals surface area contributed by atoms with Gasteiger partial charge in [-0.15, -0.1) is 0 Å². The molecule has 1 heterocycles. The zero-order valence-electron chi connectivity index (χ0n) is 59.9. The van der Waals surface area contributed by atoms with Crippen molar-refractivity contribution in [3.05, 3.63) is 65.7 Å². The maximum atomic E-state index is 14.8. The minimum Gasteiger partial charge on any atom is -0.508 e. The maximum Gasteiger partial charge on any atom is 0.490 e. The van der Waals surface area contributed by atoms with Crippen molar-refractivity contribution < 1.29 is 80.9 Å². The summed E-state index contributed by atoms with van der Waals surface area (Å²) in [5, 5.41) is 40.8. The Morgan fingerprint density at radius 2 is 1.03 bits per heavy atom. The summed E-state index contributed by atoms with van der Waals surface area (Å²) < 4.78 is 31.7. The van der Waals surface area contributed by atoms with Crippen molar-refractivity contribution in [3.63, 3.8) is 0 Å². The first-order valence-electron chi connectivity index (χ1n) is 34.4. The van der Waals surface area contributed by atoms with E-state index in [9.17, 15) is 71.0 Å². The maximum absolute atomic E-state index is 14.8. The van der Waals surface area contributed by atoms with E-state index in [2.05, 4.69) is 62.8 Å². The highest BCUT2D eigenvalue weighted by Crippen LogP contribution is 2.22. The summed E-state index contributed by atoms with van der Waals surface area (Å²) in [7, 11) is 0. The molecule has 0 unspecified atom stereocenters. The van der Waals surface area contributed by atoms with Crippen molar-refractivity contribution in [3.8, 4) is 5.75 Å². The van der Waals surface area contributed by atoms with Crippen molar-refractivity contribution in [2.24, 2.45) is 78.4 Å². The van der Waals surface area contributed by atoms with Crippen molar-refractivity contribution in [1.29, 1.82) is 0 Å². The number of phenolic OH excluding ortho intramolecular Hbond substituents is 1. The largest absolute Gasteiger partial charge is 0.508 e. The van der Waals surface area contributed by atoms with E-state index < -0.39 is 150 Å². The molecule has 1 aliphatic rings. The molecule has 1 aliphatic heterocycles. The fourth-order valence-corrected chi connectivity index (χ4v) is 10.6. The van der Waals surface area contributed by atoms with Gasteiger partial charge in [-0.3, -0.25) is 67.7 Å². The number of carboxylic acid groups (broad SMARTS) is 1. The number of amides is 11. The quantitative estimate of drug-likeness (QED) is 0.0171. The number of phenols is 1. The SMILES string of the molecule is CC[C@H](C)[C@H](NC(=O)[C@H](CCCN=C(N)N)NC(=O)[C@H](CCCN=C(N)N)NC(=O)[C@H](CC(C)C)NC(=O)[C@H](Cc1ccccc1)NC(=O)[C@@H](C)NC(=O)CNC(=O)[C@@H](N)Cc1ccc(O)cc1)C(=O)N[C@@H](CCCN=C(N)N)C(=O)N1CCC[C@H]1C(=O)N[C@@H](CCCCN)C(N)=O.O=C(O)C(F)(F)F. The molecule has 29 N–H and O–H groups in total. The standard InChI is InChI=1S/C64H106N22O12.C2HF3O2/c1-6-37(4)51(60(97)82-46(21-14-30-76-64(72)73)61(98)86-31-15-22-49(86)59(96)79-43(52(67)89)18-10-11-27-65)85-56(93)45(20-13-29-75-63(70)71)80-55(92)44(19-12-28-74-62(68)69)81-57(94)47(32-36(2)3)84-58(95)48(34-39-16-8-7-9-17-39)83-53(90)38(5)78-50(88)35-77-54(91)42(66)33-40-23-25-41(87)26-24-40;3-2(4,5)1(6)7/h7-9,16-17,23-26,36-38,42-49,51,87H,6,10-15,18-22,27-35,65-66H2,1-5H3,(H2,67,89)(H,77,91)(H,78,88)(H,79,96)(H,80,92)(H,81,94)(H,82,97)(H,83,90)(H,84,95)(H,85,93)(H4,68,69,74)(H4,70,71,75)(H4,72,73,76);(H,6,7)/t37-,38+,42-,43-,44-,45-,46-,47-,48-,49-,51-;/m0./s1. The third-order valence-corrected chi connectivity index (χ3v) is 16.4. The smallest absolute Gasteiger partial charge is 0.490 e. The number of likely N-dealkylation sites (tertiary alicyclic amines) is 1. The lowest BCUT2D eigenvalue weighted by atomic mass is 9.96. The van der Waals surface area contributed by atoms with Gasteiger partial charge in [0, 0.05) is 32.6 Å². The second-order valence-electron chi connectivity index (χ2n) is 25.6. The van der Waals surface area contributed by atoms with E-state index in [1.54, 1.807) is 70.2 Å². The van der Waals surface area contributed by atoms with E-state index in [0.717, 1.165) is 0 Å². The number of carbonyl (C=O) groups excluding carboxylic acids is 11. The number of benzene rings is 2. The van der Waals surface area contributed by atoms with Crippen LogP contribution in [0.2, 0.25) is 0 Å². The van der Waals surface area contributed by atoms with Crippen LogP contribution in [-0.4, -0.2) is 210 Å². The third-order valence-electron chi connectivity index (χ3n) is 16.4. The van der Waals surface area contributed by atoms with E-state index in [1.807, 2.05) is 0 Å². The molecule has 1 fully saturated rings. The molecule has 2 aromatic rings. The van der Waals surface area contributed by atoms with Gasteiger partial charge in [0.1, 0.15) is 60.1 Å². The van der Waals surface area contributed by atoms with Crippen LogP contribution in [0.5, 0.6) is 5.75 Å². The molecule has 3 rings (SSSR count). The fraction of sp³-hybridized carbons (Fsp3) is 0.591.